The summed E-state index contributed by atoms with van der Waals surface area (Å²) >= 11 is 0. The molecule has 1 aliphatic rings. The van der Waals surface area contributed by atoms with E-state index in [1.165, 1.54) is 12.8 Å². The Labute approximate surface area is 71.7 Å². The van der Waals surface area contributed by atoms with Crippen molar-refractivity contribution in [1.82, 2.24) is 0 Å². The summed E-state index contributed by atoms with van der Waals surface area (Å²) in [5.74, 6) is 0.826. The Morgan fingerprint density at radius 3 is 1.64 bits per heavy atom. The van der Waals surface area contributed by atoms with Gasteiger partial charge in [0.1, 0.15) is 0 Å². The lowest BCUT2D eigenvalue weighted by Gasteiger charge is -2.28. The fourth-order valence-electron chi connectivity index (χ4n) is 1.26. The van der Waals surface area contributed by atoms with E-state index in [0.717, 1.165) is 5.92 Å². The van der Waals surface area contributed by atoms with Gasteiger partial charge in [0, 0.05) is 0 Å². The van der Waals surface area contributed by atoms with Gasteiger partial charge in [-0.3, -0.25) is 0 Å². The predicted octanol–water partition coefficient (Wildman–Crippen LogP) is 4.02. The largest absolute Gasteiger partial charge is 0.0880 e. The Bertz CT molecular complexity index is 112. The van der Waals surface area contributed by atoms with E-state index in [4.69, 9.17) is 0 Å². The van der Waals surface area contributed by atoms with Gasteiger partial charge in [-0.1, -0.05) is 46.8 Å². The molecule has 0 atom stereocenters. The zero-order chi connectivity index (χ0) is 8.91. The molecule has 0 saturated heterocycles. The molecule has 0 aromatic carbocycles. The van der Waals surface area contributed by atoms with E-state index in [1.54, 1.807) is 0 Å². The second kappa shape index (κ2) is 4.58. The molecule has 1 aliphatic carbocycles. The van der Waals surface area contributed by atoms with Crippen molar-refractivity contribution >= 4 is 0 Å². The number of allylic oxidation sites excluding steroid dienone is 2. The number of hydrogen-bond acceptors (Lipinski definition) is 0. The Hall–Kier alpha value is -0.260. The molecule has 0 aliphatic heterocycles. The van der Waals surface area contributed by atoms with E-state index in [1.807, 2.05) is 13.8 Å². The summed E-state index contributed by atoms with van der Waals surface area (Å²) < 4.78 is 0. The molecule has 0 heteroatoms. The molecule has 0 aromatic heterocycles. The van der Waals surface area contributed by atoms with Gasteiger partial charge in [-0.05, 0) is 24.2 Å². The summed E-state index contributed by atoms with van der Waals surface area (Å²) in [5, 5.41) is 0. The molecule has 0 aromatic rings. The summed E-state index contributed by atoms with van der Waals surface area (Å²) in [7, 11) is 0. The zero-order valence-corrected chi connectivity index (χ0v) is 8.65. The van der Waals surface area contributed by atoms with Crippen LogP contribution in [0.3, 0.4) is 0 Å². The topological polar surface area (TPSA) is 0 Å². The first-order valence-electron chi connectivity index (χ1n) is 4.80. The standard InChI is InChI=1S/C9H16.C2H6/c1-8(2)9(3)6-4-5-7-9;1-2/h4-5,8H,6-7H2,1-3H3;1-2H3. The zero-order valence-electron chi connectivity index (χ0n) is 8.65. The van der Waals surface area contributed by atoms with E-state index in [2.05, 4.69) is 32.9 Å². The van der Waals surface area contributed by atoms with Crippen LogP contribution in [0.15, 0.2) is 12.2 Å². The normalized spacial score (nSPS) is 19.8. The second-order valence-electron chi connectivity index (χ2n) is 3.69. The quantitative estimate of drug-likeness (QED) is 0.500. The van der Waals surface area contributed by atoms with E-state index < -0.39 is 0 Å². The van der Waals surface area contributed by atoms with Gasteiger partial charge >= 0.3 is 0 Å². The van der Waals surface area contributed by atoms with Crippen LogP contribution in [0.2, 0.25) is 0 Å². The molecular formula is C11H22. The highest BCUT2D eigenvalue weighted by molar-refractivity contribution is 5.01. The molecule has 11 heavy (non-hydrogen) atoms. The molecular weight excluding hydrogens is 132 g/mol. The molecule has 0 N–H and O–H groups in total. The number of rotatable bonds is 1. The first kappa shape index (κ1) is 10.7. The van der Waals surface area contributed by atoms with Crippen LogP contribution in [-0.2, 0) is 0 Å². The predicted molar refractivity (Wildman–Crippen MR) is 52.7 cm³/mol. The van der Waals surface area contributed by atoms with Gasteiger partial charge in [-0.15, -0.1) is 0 Å². The summed E-state index contributed by atoms with van der Waals surface area (Å²) in [6, 6.07) is 0. The van der Waals surface area contributed by atoms with Crippen LogP contribution in [0.4, 0.5) is 0 Å². The monoisotopic (exact) mass is 154 g/mol. The minimum Gasteiger partial charge on any atom is -0.0880 e. The van der Waals surface area contributed by atoms with E-state index in [-0.39, 0.29) is 0 Å². The van der Waals surface area contributed by atoms with Crippen LogP contribution in [0.1, 0.15) is 47.5 Å². The molecule has 66 valence electrons. The van der Waals surface area contributed by atoms with Gasteiger partial charge in [-0.2, -0.15) is 0 Å². The smallest absolute Gasteiger partial charge is 0.0234 e. The molecule has 1 rings (SSSR count). The summed E-state index contributed by atoms with van der Waals surface area (Å²) in [4.78, 5) is 0. The van der Waals surface area contributed by atoms with Crippen LogP contribution < -0.4 is 0 Å². The van der Waals surface area contributed by atoms with Crippen molar-refractivity contribution in [3.05, 3.63) is 12.2 Å². The fourth-order valence-corrected chi connectivity index (χ4v) is 1.26. The van der Waals surface area contributed by atoms with Gasteiger partial charge in [-0.25, -0.2) is 0 Å². The van der Waals surface area contributed by atoms with Crippen molar-refractivity contribution in [3.8, 4) is 0 Å². The molecule has 0 nitrogen and oxygen atoms in total. The van der Waals surface area contributed by atoms with E-state index >= 15 is 0 Å². The summed E-state index contributed by atoms with van der Waals surface area (Å²) in [6.45, 7) is 11.0. The maximum Gasteiger partial charge on any atom is -0.0234 e. The summed E-state index contributed by atoms with van der Waals surface area (Å²) in [5.41, 5.74) is 0.583. The molecule has 0 unspecified atom stereocenters. The Kier molecular flexibility index (Phi) is 4.48. The SMILES string of the molecule is CC.CC(C)C1(C)CC=CC1. The minimum atomic E-state index is 0.583. The van der Waals surface area contributed by atoms with Crippen LogP contribution in [-0.4, -0.2) is 0 Å². The van der Waals surface area contributed by atoms with Gasteiger partial charge < -0.3 is 0 Å². The van der Waals surface area contributed by atoms with Crippen molar-refractivity contribution in [3.63, 3.8) is 0 Å². The van der Waals surface area contributed by atoms with Crippen LogP contribution in [0.25, 0.3) is 0 Å². The molecule has 0 amide bonds. The molecule has 0 spiro atoms. The van der Waals surface area contributed by atoms with Crippen molar-refractivity contribution in [1.29, 1.82) is 0 Å². The highest BCUT2D eigenvalue weighted by atomic mass is 14.3. The highest BCUT2D eigenvalue weighted by Crippen LogP contribution is 2.39. The fraction of sp³-hybridized carbons (Fsp3) is 0.818. The third-order valence-corrected chi connectivity index (χ3v) is 2.73. The maximum absolute atomic E-state index is 2.37. The average Bonchev–Trinajstić information content (AvgIpc) is 2.42. The number of hydrogen-bond donors (Lipinski definition) is 0. The van der Waals surface area contributed by atoms with Crippen molar-refractivity contribution < 1.29 is 0 Å². The lowest BCUT2D eigenvalue weighted by molar-refractivity contribution is 0.239. The first-order valence-corrected chi connectivity index (χ1v) is 4.80. The van der Waals surface area contributed by atoms with Crippen molar-refractivity contribution in [2.75, 3.05) is 0 Å². The van der Waals surface area contributed by atoms with E-state index in [9.17, 15) is 0 Å². The molecule has 0 heterocycles. The van der Waals surface area contributed by atoms with Crippen LogP contribution in [0, 0.1) is 11.3 Å². The molecule has 0 radical (unpaired) electrons. The van der Waals surface area contributed by atoms with Gasteiger partial charge in [0.05, 0.1) is 0 Å². The van der Waals surface area contributed by atoms with Gasteiger partial charge in [0.15, 0.2) is 0 Å². The van der Waals surface area contributed by atoms with Gasteiger partial charge in [0.2, 0.25) is 0 Å². The van der Waals surface area contributed by atoms with Crippen LogP contribution in [0.5, 0.6) is 0 Å². The third kappa shape index (κ3) is 2.69. The molecule has 0 fully saturated rings. The minimum absolute atomic E-state index is 0.583. The highest BCUT2D eigenvalue weighted by Gasteiger charge is 2.28. The lowest BCUT2D eigenvalue weighted by atomic mass is 9.77. The first-order chi connectivity index (χ1) is 5.15. The third-order valence-electron chi connectivity index (χ3n) is 2.73. The Balaban J connectivity index is 0.000000461. The van der Waals surface area contributed by atoms with Crippen molar-refractivity contribution in [2.45, 2.75) is 47.5 Å². The summed E-state index contributed by atoms with van der Waals surface area (Å²) in [6.07, 6.45) is 7.18. The Morgan fingerprint density at radius 2 is 1.45 bits per heavy atom. The molecule has 0 saturated carbocycles. The Morgan fingerprint density at radius 1 is 1.09 bits per heavy atom. The second-order valence-corrected chi connectivity index (χ2v) is 3.69. The van der Waals surface area contributed by atoms with Crippen LogP contribution >= 0.6 is 0 Å². The molecule has 0 bridgehead atoms. The van der Waals surface area contributed by atoms with Crippen molar-refractivity contribution in [2.24, 2.45) is 11.3 Å². The van der Waals surface area contributed by atoms with E-state index in [0.29, 0.717) is 5.41 Å². The maximum atomic E-state index is 2.37. The van der Waals surface area contributed by atoms with Gasteiger partial charge in [0.25, 0.3) is 0 Å². The lowest BCUT2D eigenvalue weighted by Crippen LogP contribution is -2.18. The average molecular weight is 154 g/mol.